The smallest absolute Gasteiger partial charge is 0.326 e. The predicted molar refractivity (Wildman–Crippen MR) is 66.3 cm³/mol. The zero-order valence-electron chi connectivity index (χ0n) is 10.5. The number of hydrogen-bond donors (Lipinski definition) is 3. The third-order valence-corrected chi connectivity index (χ3v) is 3.57. The van der Waals surface area contributed by atoms with Gasteiger partial charge in [-0.25, -0.2) is 4.79 Å². The van der Waals surface area contributed by atoms with Crippen LogP contribution in [0.3, 0.4) is 0 Å². The van der Waals surface area contributed by atoms with Gasteiger partial charge in [0.1, 0.15) is 6.04 Å². The van der Waals surface area contributed by atoms with Crippen molar-refractivity contribution in [2.75, 3.05) is 0 Å². The highest BCUT2D eigenvalue weighted by Crippen LogP contribution is 2.34. The molecule has 1 heterocycles. The lowest BCUT2D eigenvalue weighted by Gasteiger charge is -2.14. The van der Waals surface area contributed by atoms with Gasteiger partial charge in [-0.3, -0.25) is 4.79 Å². The molecular formula is C13H17NO5. The van der Waals surface area contributed by atoms with Crippen molar-refractivity contribution < 1.29 is 24.9 Å². The van der Waals surface area contributed by atoms with Gasteiger partial charge in [0.25, 0.3) is 0 Å². The third kappa shape index (κ3) is 2.72. The van der Waals surface area contributed by atoms with Gasteiger partial charge in [-0.1, -0.05) is 0 Å². The Balaban J connectivity index is 2.28. The average molecular weight is 267 g/mol. The SMILES string of the molecule is O=C(O)CCC(C(=O)O)n1cc2c(c1O)CCCC2. The van der Waals surface area contributed by atoms with Crippen LogP contribution in [0.5, 0.6) is 5.88 Å². The van der Waals surface area contributed by atoms with E-state index in [0.29, 0.717) is 0 Å². The highest BCUT2D eigenvalue weighted by Gasteiger charge is 2.27. The number of aromatic hydroxyl groups is 1. The molecule has 3 N–H and O–H groups in total. The van der Waals surface area contributed by atoms with Crippen molar-refractivity contribution in [2.45, 2.75) is 44.6 Å². The highest BCUT2D eigenvalue weighted by atomic mass is 16.4. The van der Waals surface area contributed by atoms with Gasteiger partial charge >= 0.3 is 11.9 Å². The van der Waals surface area contributed by atoms with Gasteiger partial charge in [-0.2, -0.15) is 0 Å². The Hall–Kier alpha value is -1.98. The number of carbonyl (C=O) groups is 2. The maximum Gasteiger partial charge on any atom is 0.326 e. The lowest BCUT2D eigenvalue weighted by atomic mass is 9.96. The number of nitrogens with zero attached hydrogens (tertiary/aromatic N) is 1. The van der Waals surface area contributed by atoms with E-state index in [1.54, 1.807) is 6.20 Å². The van der Waals surface area contributed by atoms with E-state index in [0.717, 1.165) is 36.8 Å². The van der Waals surface area contributed by atoms with Crippen LogP contribution in [-0.4, -0.2) is 31.8 Å². The molecule has 6 heteroatoms. The number of aromatic nitrogens is 1. The Labute approximate surface area is 110 Å². The van der Waals surface area contributed by atoms with Crippen molar-refractivity contribution in [2.24, 2.45) is 0 Å². The van der Waals surface area contributed by atoms with Gasteiger partial charge in [-0.05, 0) is 37.7 Å². The lowest BCUT2D eigenvalue weighted by molar-refractivity contribution is -0.142. The maximum atomic E-state index is 11.3. The quantitative estimate of drug-likeness (QED) is 0.751. The van der Waals surface area contributed by atoms with Crippen molar-refractivity contribution in [3.05, 3.63) is 17.3 Å². The summed E-state index contributed by atoms with van der Waals surface area (Å²) in [6, 6.07) is -1.03. The third-order valence-electron chi connectivity index (χ3n) is 3.57. The molecule has 0 saturated carbocycles. The van der Waals surface area contributed by atoms with Gasteiger partial charge in [0.05, 0.1) is 0 Å². The molecule has 1 atom stereocenters. The molecule has 2 rings (SSSR count). The molecule has 0 fully saturated rings. The lowest BCUT2D eigenvalue weighted by Crippen LogP contribution is -2.19. The molecule has 0 aliphatic heterocycles. The van der Waals surface area contributed by atoms with Crippen LogP contribution in [0.1, 0.15) is 42.9 Å². The van der Waals surface area contributed by atoms with Crippen LogP contribution in [0.4, 0.5) is 0 Å². The number of carboxylic acids is 2. The van der Waals surface area contributed by atoms with Crippen LogP contribution < -0.4 is 0 Å². The molecule has 0 amide bonds. The summed E-state index contributed by atoms with van der Waals surface area (Å²) in [5.74, 6) is -2.18. The summed E-state index contributed by atoms with van der Waals surface area (Å²) in [5.41, 5.74) is 1.79. The van der Waals surface area contributed by atoms with Gasteiger partial charge in [0, 0.05) is 18.2 Å². The van der Waals surface area contributed by atoms with Crippen LogP contribution in [0.15, 0.2) is 6.20 Å². The van der Waals surface area contributed by atoms with E-state index >= 15 is 0 Å². The Bertz CT molecular complexity index is 505. The summed E-state index contributed by atoms with van der Waals surface area (Å²) >= 11 is 0. The Kier molecular flexibility index (Phi) is 3.78. The van der Waals surface area contributed by atoms with E-state index in [1.165, 1.54) is 4.57 Å². The van der Waals surface area contributed by atoms with E-state index in [2.05, 4.69) is 0 Å². The molecule has 0 aromatic carbocycles. The molecule has 19 heavy (non-hydrogen) atoms. The second kappa shape index (κ2) is 5.34. The summed E-state index contributed by atoms with van der Waals surface area (Å²) in [4.78, 5) is 21.8. The van der Waals surface area contributed by atoms with Gasteiger partial charge < -0.3 is 19.9 Å². The summed E-state index contributed by atoms with van der Waals surface area (Å²) in [7, 11) is 0. The molecule has 1 aliphatic rings. The monoisotopic (exact) mass is 267 g/mol. The second-order valence-corrected chi connectivity index (χ2v) is 4.86. The fourth-order valence-electron chi connectivity index (χ4n) is 2.59. The molecule has 0 saturated heterocycles. The number of aliphatic carboxylic acids is 2. The molecular weight excluding hydrogens is 250 g/mol. The fourth-order valence-corrected chi connectivity index (χ4v) is 2.59. The minimum absolute atomic E-state index is 0.0208. The molecule has 0 radical (unpaired) electrons. The molecule has 1 unspecified atom stereocenters. The minimum atomic E-state index is -1.12. The maximum absolute atomic E-state index is 11.3. The zero-order valence-corrected chi connectivity index (χ0v) is 10.5. The van der Waals surface area contributed by atoms with E-state index in [1.807, 2.05) is 0 Å². The van der Waals surface area contributed by atoms with E-state index in [9.17, 15) is 19.8 Å². The first-order valence-electron chi connectivity index (χ1n) is 6.37. The number of aryl methyl sites for hydroxylation is 1. The Morgan fingerprint density at radius 3 is 2.53 bits per heavy atom. The van der Waals surface area contributed by atoms with Crippen LogP contribution in [-0.2, 0) is 22.4 Å². The first kappa shape index (κ1) is 13.5. The number of hydrogen-bond acceptors (Lipinski definition) is 3. The van der Waals surface area contributed by atoms with Crippen LogP contribution in [0.2, 0.25) is 0 Å². The largest absolute Gasteiger partial charge is 0.494 e. The van der Waals surface area contributed by atoms with E-state index in [-0.39, 0.29) is 18.7 Å². The standard InChI is InChI=1S/C13H17NO5/c15-11(16)6-5-10(13(18)19)14-7-8-3-1-2-4-9(8)12(14)17/h7,10,17H,1-6H2,(H,15,16)(H,18,19). The van der Waals surface area contributed by atoms with Crippen molar-refractivity contribution in [3.8, 4) is 5.88 Å². The van der Waals surface area contributed by atoms with E-state index < -0.39 is 18.0 Å². The molecule has 1 aromatic rings. The summed E-state index contributed by atoms with van der Waals surface area (Å²) < 4.78 is 1.31. The van der Waals surface area contributed by atoms with Gasteiger partial charge in [0.15, 0.2) is 5.88 Å². The summed E-state index contributed by atoms with van der Waals surface area (Å²) in [6.45, 7) is 0. The van der Waals surface area contributed by atoms with Crippen molar-refractivity contribution in [3.63, 3.8) is 0 Å². The Morgan fingerprint density at radius 2 is 1.95 bits per heavy atom. The fraction of sp³-hybridized carbons (Fsp3) is 0.538. The first-order valence-corrected chi connectivity index (χ1v) is 6.37. The second-order valence-electron chi connectivity index (χ2n) is 4.86. The number of fused-ring (bicyclic) bond motifs is 1. The molecule has 1 aromatic heterocycles. The van der Waals surface area contributed by atoms with Gasteiger partial charge in [0.2, 0.25) is 0 Å². The van der Waals surface area contributed by atoms with Crippen molar-refractivity contribution in [1.82, 2.24) is 4.57 Å². The van der Waals surface area contributed by atoms with Crippen molar-refractivity contribution in [1.29, 1.82) is 0 Å². The molecule has 6 nitrogen and oxygen atoms in total. The topological polar surface area (TPSA) is 99.8 Å². The first-order chi connectivity index (χ1) is 9.00. The minimum Gasteiger partial charge on any atom is -0.494 e. The average Bonchev–Trinajstić information content (AvgIpc) is 2.67. The molecule has 0 bridgehead atoms. The molecule has 104 valence electrons. The van der Waals surface area contributed by atoms with Crippen LogP contribution in [0, 0.1) is 0 Å². The number of carboxylic acid groups (broad SMARTS) is 2. The number of rotatable bonds is 5. The van der Waals surface area contributed by atoms with E-state index in [4.69, 9.17) is 5.11 Å². The summed E-state index contributed by atoms with van der Waals surface area (Å²) in [6.07, 6.45) is 4.98. The Morgan fingerprint density at radius 1 is 1.26 bits per heavy atom. The summed E-state index contributed by atoms with van der Waals surface area (Å²) in [5, 5.41) is 28.0. The highest BCUT2D eigenvalue weighted by molar-refractivity contribution is 5.74. The zero-order chi connectivity index (χ0) is 14.0. The predicted octanol–water partition coefficient (Wildman–Crippen LogP) is 1.56. The van der Waals surface area contributed by atoms with Crippen LogP contribution >= 0.6 is 0 Å². The van der Waals surface area contributed by atoms with Gasteiger partial charge in [-0.15, -0.1) is 0 Å². The normalized spacial score (nSPS) is 15.8. The van der Waals surface area contributed by atoms with Crippen molar-refractivity contribution >= 4 is 11.9 Å². The molecule has 0 spiro atoms. The molecule has 1 aliphatic carbocycles. The van der Waals surface area contributed by atoms with Crippen LogP contribution in [0.25, 0.3) is 0 Å².